The van der Waals surface area contributed by atoms with Crippen LogP contribution in [0.1, 0.15) is 11.1 Å². The summed E-state index contributed by atoms with van der Waals surface area (Å²) in [7, 11) is 0. The number of hydrogen-bond donors (Lipinski definition) is 0. The zero-order chi connectivity index (χ0) is 10.9. The van der Waals surface area contributed by atoms with Gasteiger partial charge in [0.2, 0.25) is 5.60 Å². The molecule has 1 unspecified atom stereocenters. The Balaban J connectivity index is 2.40. The fourth-order valence-electron chi connectivity index (χ4n) is 1.48. The van der Waals surface area contributed by atoms with E-state index in [9.17, 15) is 4.79 Å². The lowest BCUT2D eigenvalue weighted by molar-refractivity contribution is 0.0940. The van der Waals surface area contributed by atoms with Gasteiger partial charge >= 0.3 is 6.16 Å². The molecule has 1 aromatic rings. The Morgan fingerprint density at radius 3 is 2.53 bits per heavy atom. The molecule has 0 saturated carbocycles. The molecule has 0 amide bonds. The maximum Gasteiger partial charge on any atom is 0.510 e. The van der Waals surface area contributed by atoms with Crippen LogP contribution in [0.25, 0.3) is 0 Å². The van der Waals surface area contributed by atoms with Crippen molar-refractivity contribution in [3.8, 4) is 12.3 Å². The Bertz CT molecular complexity index is 427. The minimum Gasteiger partial charge on any atom is -0.428 e. The Labute approximate surface area is 88.0 Å². The molecule has 1 aromatic carbocycles. The van der Waals surface area contributed by atoms with Gasteiger partial charge in [0.25, 0.3) is 0 Å². The molecule has 0 bridgehead atoms. The molecule has 1 heterocycles. The lowest BCUT2D eigenvalue weighted by Gasteiger charge is -2.18. The molecule has 1 fully saturated rings. The van der Waals surface area contributed by atoms with Crippen LogP contribution in [0.15, 0.2) is 24.3 Å². The van der Waals surface area contributed by atoms with Gasteiger partial charge in [0.1, 0.15) is 0 Å². The van der Waals surface area contributed by atoms with E-state index in [-0.39, 0.29) is 6.61 Å². The number of aryl methyl sites for hydroxylation is 1. The third-order valence-corrected chi connectivity index (χ3v) is 2.40. The van der Waals surface area contributed by atoms with E-state index in [1.807, 2.05) is 31.2 Å². The summed E-state index contributed by atoms with van der Waals surface area (Å²) in [6.45, 7) is 2.05. The summed E-state index contributed by atoms with van der Waals surface area (Å²) in [5.41, 5.74) is 0.836. The molecule has 3 heteroatoms. The highest BCUT2D eigenvalue weighted by molar-refractivity contribution is 5.64. The van der Waals surface area contributed by atoms with E-state index < -0.39 is 11.8 Å². The van der Waals surface area contributed by atoms with Crippen molar-refractivity contribution in [2.24, 2.45) is 0 Å². The van der Waals surface area contributed by atoms with Crippen molar-refractivity contribution in [1.82, 2.24) is 0 Å². The number of hydrogen-bond acceptors (Lipinski definition) is 3. The second-order valence-electron chi connectivity index (χ2n) is 3.48. The van der Waals surface area contributed by atoms with E-state index >= 15 is 0 Å². The van der Waals surface area contributed by atoms with E-state index in [0.717, 1.165) is 11.1 Å². The number of carbonyl (C=O) groups excluding carboxylic acids is 1. The molecule has 76 valence electrons. The second-order valence-corrected chi connectivity index (χ2v) is 3.48. The first-order chi connectivity index (χ1) is 7.16. The molecular formula is C12H10O3. The van der Waals surface area contributed by atoms with Crippen molar-refractivity contribution in [3.05, 3.63) is 35.4 Å². The zero-order valence-corrected chi connectivity index (χ0v) is 8.32. The molecule has 1 aliphatic heterocycles. The molecule has 2 rings (SSSR count). The fourth-order valence-corrected chi connectivity index (χ4v) is 1.48. The fraction of sp³-hybridized carbons (Fsp3) is 0.250. The van der Waals surface area contributed by atoms with Gasteiger partial charge in [-0.25, -0.2) is 4.79 Å². The second kappa shape index (κ2) is 3.32. The molecule has 1 atom stereocenters. The number of terminal acetylenes is 1. The summed E-state index contributed by atoms with van der Waals surface area (Å²) in [6.07, 6.45) is 4.68. The van der Waals surface area contributed by atoms with Crippen LogP contribution in [0.3, 0.4) is 0 Å². The zero-order valence-electron chi connectivity index (χ0n) is 8.32. The van der Waals surface area contributed by atoms with Crippen LogP contribution in [0.2, 0.25) is 0 Å². The molecule has 0 spiro atoms. The van der Waals surface area contributed by atoms with Gasteiger partial charge in [-0.15, -0.1) is 6.42 Å². The summed E-state index contributed by atoms with van der Waals surface area (Å²) in [4.78, 5) is 10.9. The number of ether oxygens (including phenoxy) is 2. The van der Waals surface area contributed by atoms with Crippen molar-refractivity contribution in [2.45, 2.75) is 12.5 Å². The van der Waals surface area contributed by atoms with Crippen molar-refractivity contribution in [2.75, 3.05) is 6.61 Å². The maximum absolute atomic E-state index is 10.9. The van der Waals surface area contributed by atoms with Crippen LogP contribution in [-0.4, -0.2) is 12.8 Å². The van der Waals surface area contributed by atoms with Gasteiger partial charge in [-0.3, -0.25) is 0 Å². The lowest BCUT2D eigenvalue weighted by atomic mass is 9.95. The predicted octanol–water partition coefficient (Wildman–Crippen LogP) is 1.99. The highest BCUT2D eigenvalue weighted by Crippen LogP contribution is 2.31. The van der Waals surface area contributed by atoms with Crippen LogP contribution in [0, 0.1) is 19.3 Å². The van der Waals surface area contributed by atoms with Crippen molar-refractivity contribution >= 4 is 6.16 Å². The third kappa shape index (κ3) is 1.55. The van der Waals surface area contributed by atoms with E-state index in [1.165, 1.54) is 0 Å². The van der Waals surface area contributed by atoms with Gasteiger partial charge in [-0.05, 0) is 6.92 Å². The molecular weight excluding hydrogens is 192 g/mol. The number of rotatable bonds is 1. The van der Waals surface area contributed by atoms with Crippen LogP contribution in [-0.2, 0) is 15.1 Å². The minimum absolute atomic E-state index is 0.0748. The molecule has 3 nitrogen and oxygen atoms in total. The first-order valence-electron chi connectivity index (χ1n) is 4.57. The molecule has 0 N–H and O–H groups in total. The van der Waals surface area contributed by atoms with Gasteiger partial charge in [0, 0.05) is 5.56 Å². The maximum atomic E-state index is 10.9. The normalized spacial score (nSPS) is 24.1. The van der Waals surface area contributed by atoms with Crippen LogP contribution in [0.4, 0.5) is 4.79 Å². The summed E-state index contributed by atoms with van der Waals surface area (Å²) in [5.74, 6) is 2.48. The van der Waals surface area contributed by atoms with Gasteiger partial charge < -0.3 is 9.47 Å². The van der Waals surface area contributed by atoms with E-state index in [0.29, 0.717) is 0 Å². The van der Waals surface area contributed by atoms with Crippen LogP contribution < -0.4 is 0 Å². The third-order valence-electron chi connectivity index (χ3n) is 2.40. The van der Waals surface area contributed by atoms with Gasteiger partial charge in [0.15, 0.2) is 6.61 Å². The van der Waals surface area contributed by atoms with Crippen molar-refractivity contribution in [3.63, 3.8) is 0 Å². The number of carbonyl (C=O) groups is 1. The van der Waals surface area contributed by atoms with Crippen molar-refractivity contribution < 1.29 is 14.3 Å². The van der Waals surface area contributed by atoms with E-state index in [2.05, 4.69) is 5.92 Å². The minimum atomic E-state index is -1.05. The first kappa shape index (κ1) is 9.60. The molecule has 15 heavy (non-hydrogen) atoms. The summed E-state index contributed by atoms with van der Waals surface area (Å²) < 4.78 is 9.77. The monoisotopic (exact) mass is 202 g/mol. The summed E-state index contributed by atoms with van der Waals surface area (Å²) in [6, 6.07) is 7.52. The first-order valence-corrected chi connectivity index (χ1v) is 4.57. The SMILES string of the molecule is C#CC1(c2ccc(C)cc2)COC(=O)O1. The van der Waals surface area contributed by atoms with E-state index in [4.69, 9.17) is 15.9 Å². The van der Waals surface area contributed by atoms with Crippen LogP contribution >= 0.6 is 0 Å². The average Bonchev–Trinajstić information content (AvgIpc) is 2.62. The largest absolute Gasteiger partial charge is 0.510 e. The Hall–Kier alpha value is -1.95. The number of benzene rings is 1. The molecule has 1 saturated heterocycles. The summed E-state index contributed by atoms with van der Waals surface area (Å²) >= 11 is 0. The Morgan fingerprint density at radius 2 is 2.07 bits per heavy atom. The van der Waals surface area contributed by atoms with Crippen molar-refractivity contribution in [1.29, 1.82) is 0 Å². The van der Waals surface area contributed by atoms with Gasteiger partial charge in [0.05, 0.1) is 0 Å². The highest BCUT2D eigenvalue weighted by Gasteiger charge is 2.42. The summed E-state index contributed by atoms with van der Waals surface area (Å²) in [5, 5.41) is 0. The van der Waals surface area contributed by atoms with Gasteiger partial charge in [-0.2, -0.15) is 0 Å². The molecule has 0 radical (unpaired) electrons. The standard InChI is InChI=1S/C12H10O3/c1-3-12(8-14-11(13)15-12)10-6-4-9(2)5-7-10/h1,4-7H,8H2,2H3. The quantitative estimate of drug-likeness (QED) is 0.516. The van der Waals surface area contributed by atoms with Crippen LogP contribution in [0.5, 0.6) is 0 Å². The molecule has 1 aliphatic rings. The highest BCUT2D eigenvalue weighted by atomic mass is 16.8. The topological polar surface area (TPSA) is 35.5 Å². The predicted molar refractivity (Wildman–Crippen MR) is 54.1 cm³/mol. The Kier molecular flexibility index (Phi) is 2.12. The molecule has 0 aromatic heterocycles. The lowest BCUT2D eigenvalue weighted by Crippen LogP contribution is -2.26. The Morgan fingerprint density at radius 1 is 1.40 bits per heavy atom. The average molecular weight is 202 g/mol. The van der Waals surface area contributed by atoms with E-state index in [1.54, 1.807) is 0 Å². The molecule has 0 aliphatic carbocycles. The number of cyclic esters (lactones) is 2. The smallest absolute Gasteiger partial charge is 0.428 e. The van der Waals surface area contributed by atoms with Gasteiger partial charge in [-0.1, -0.05) is 35.7 Å².